The van der Waals surface area contributed by atoms with Crippen molar-refractivity contribution in [3.05, 3.63) is 12.2 Å². The van der Waals surface area contributed by atoms with Gasteiger partial charge in [-0.1, -0.05) is 38.3 Å². The summed E-state index contributed by atoms with van der Waals surface area (Å²) in [6.45, 7) is 8.31. The number of rotatable bonds is 2. The molecule has 1 heteroatoms. The second-order valence-corrected chi connectivity index (χ2v) is 4.54. The molecule has 0 spiro atoms. The summed E-state index contributed by atoms with van der Waals surface area (Å²) in [5.41, 5.74) is 7.60. The van der Waals surface area contributed by atoms with E-state index in [0.29, 0.717) is 5.41 Å². The first-order chi connectivity index (χ1) is 5.56. The third-order valence-corrected chi connectivity index (χ3v) is 3.28. The zero-order valence-corrected chi connectivity index (χ0v) is 8.40. The van der Waals surface area contributed by atoms with Crippen LogP contribution in [0.5, 0.6) is 0 Å². The van der Waals surface area contributed by atoms with Crippen LogP contribution in [-0.2, 0) is 0 Å². The van der Waals surface area contributed by atoms with Crippen LogP contribution in [0.4, 0.5) is 0 Å². The minimum Gasteiger partial charge on any atom is -0.324 e. The smallest absolute Gasteiger partial charge is 0.0302 e. The first-order valence-corrected chi connectivity index (χ1v) is 4.97. The van der Waals surface area contributed by atoms with Crippen LogP contribution in [0.15, 0.2) is 12.2 Å². The third-order valence-electron chi connectivity index (χ3n) is 3.28. The molecule has 1 rings (SSSR count). The monoisotopic (exact) mass is 167 g/mol. The van der Waals surface area contributed by atoms with Gasteiger partial charge >= 0.3 is 0 Å². The van der Waals surface area contributed by atoms with Crippen molar-refractivity contribution in [1.82, 2.24) is 0 Å². The summed E-state index contributed by atoms with van der Waals surface area (Å²) in [5, 5.41) is 0. The van der Waals surface area contributed by atoms with Gasteiger partial charge < -0.3 is 5.73 Å². The van der Waals surface area contributed by atoms with E-state index in [-0.39, 0.29) is 6.04 Å². The molecule has 0 radical (unpaired) electrons. The van der Waals surface area contributed by atoms with Crippen molar-refractivity contribution < 1.29 is 0 Å². The maximum absolute atomic E-state index is 6.13. The molecule has 1 aliphatic carbocycles. The quantitative estimate of drug-likeness (QED) is 0.629. The van der Waals surface area contributed by atoms with E-state index in [1.54, 1.807) is 0 Å². The number of hydrogen-bond acceptors (Lipinski definition) is 1. The molecule has 1 nitrogen and oxygen atoms in total. The van der Waals surface area contributed by atoms with Gasteiger partial charge in [0, 0.05) is 6.04 Å². The van der Waals surface area contributed by atoms with Crippen molar-refractivity contribution >= 4 is 0 Å². The molecule has 1 atom stereocenters. The molecule has 0 bridgehead atoms. The molecule has 1 aliphatic rings. The Morgan fingerprint density at radius 2 is 1.83 bits per heavy atom. The van der Waals surface area contributed by atoms with Gasteiger partial charge in [0.15, 0.2) is 0 Å². The average Bonchev–Trinajstić information content (AvgIpc) is 2.04. The van der Waals surface area contributed by atoms with Crippen LogP contribution in [0.3, 0.4) is 0 Å². The number of nitrogens with two attached hydrogens (primary N) is 1. The van der Waals surface area contributed by atoms with Gasteiger partial charge in [-0.15, -0.1) is 0 Å². The Morgan fingerprint density at radius 3 is 2.25 bits per heavy atom. The molecule has 0 saturated heterocycles. The van der Waals surface area contributed by atoms with E-state index in [4.69, 9.17) is 5.73 Å². The van der Waals surface area contributed by atoms with E-state index < -0.39 is 0 Å². The normalized spacial score (nSPS) is 24.9. The SMILES string of the molecule is C=C(C)C(N)C1(C)CCCCC1. The fourth-order valence-corrected chi connectivity index (χ4v) is 2.27. The Balaban J connectivity index is 2.62. The molecule has 1 unspecified atom stereocenters. The largest absolute Gasteiger partial charge is 0.324 e. The van der Waals surface area contributed by atoms with E-state index in [1.807, 2.05) is 6.92 Å². The van der Waals surface area contributed by atoms with Crippen LogP contribution in [0.2, 0.25) is 0 Å². The van der Waals surface area contributed by atoms with Crippen molar-refractivity contribution in [3.63, 3.8) is 0 Å². The van der Waals surface area contributed by atoms with Crippen LogP contribution >= 0.6 is 0 Å². The van der Waals surface area contributed by atoms with Gasteiger partial charge in [-0.05, 0) is 25.2 Å². The molecule has 12 heavy (non-hydrogen) atoms. The molecule has 0 aromatic heterocycles. The molecular weight excluding hydrogens is 146 g/mol. The lowest BCUT2D eigenvalue weighted by molar-refractivity contribution is 0.187. The fourth-order valence-electron chi connectivity index (χ4n) is 2.27. The molecule has 0 aromatic rings. The average molecular weight is 167 g/mol. The Labute approximate surface area is 76.0 Å². The summed E-state index contributed by atoms with van der Waals surface area (Å²) < 4.78 is 0. The molecule has 0 aliphatic heterocycles. The minimum atomic E-state index is 0.206. The highest BCUT2D eigenvalue weighted by atomic mass is 14.7. The fraction of sp³-hybridized carbons (Fsp3) is 0.818. The van der Waals surface area contributed by atoms with Gasteiger partial charge in [-0.2, -0.15) is 0 Å². The van der Waals surface area contributed by atoms with Crippen molar-refractivity contribution in [2.24, 2.45) is 11.1 Å². The van der Waals surface area contributed by atoms with Crippen LogP contribution < -0.4 is 5.73 Å². The minimum absolute atomic E-state index is 0.206. The predicted octanol–water partition coefficient (Wildman–Crippen LogP) is 2.86. The lowest BCUT2D eigenvalue weighted by atomic mass is 9.69. The summed E-state index contributed by atoms with van der Waals surface area (Å²) >= 11 is 0. The Bertz CT molecular complexity index is 166. The molecule has 70 valence electrons. The van der Waals surface area contributed by atoms with E-state index >= 15 is 0 Å². The summed E-state index contributed by atoms with van der Waals surface area (Å²) in [6.07, 6.45) is 6.63. The van der Waals surface area contributed by atoms with E-state index in [1.165, 1.54) is 32.1 Å². The van der Waals surface area contributed by atoms with Gasteiger partial charge in [0.05, 0.1) is 0 Å². The van der Waals surface area contributed by atoms with Crippen LogP contribution in [-0.4, -0.2) is 6.04 Å². The lowest BCUT2D eigenvalue weighted by Crippen LogP contribution is -2.41. The molecule has 0 heterocycles. The van der Waals surface area contributed by atoms with Gasteiger partial charge in [0.1, 0.15) is 0 Å². The second kappa shape index (κ2) is 3.61. The lowest BCUT2D eigenvalue weighted by Gasteiger charge is -2.39. The van der Waals surface area contributed by atoms with Gasteiger partial charge in [-0.25, -0.2) is 0 Å². The highest BCUT2D eigenvalue weighted by Gasteiger charge is 2.33. The summed E-state index contributed by atoms with van der Waals surface area (Å²) in [7, 11) is 0. The van der Waals surface area contributed by atoms with E-state index in [0.717, 1.165) is 5.57 Å². The first kappa shape index (κ1) is 9.79. The van der Waals surface area contributed by atoms with Gasteiger partial charge in [0.25, 0.3) is 0 Å². The Hall–Kier alpha value is -0.300. The topological polar surface area (TPSA) is 26.0 Å². The van der Waals surface area contributed by atoms with Crippen molar-refractivity contribution in [3.8, 4) is 0 Å². The summed E-state index contributed by atoms with van der Waals surface area (Å²) in [6, 6.07) is 0.206. The Morgan fingerprint density at radius 1 is 1.33 bits per heavy atom. The summed E-state index contributed by atoms with van der Waals surface area (Å²) in [5.74, 6) is 0. The maximum atomic E-state index is 6.13. The van der Waals surface area contributed by atoms with Crippen molar-refractivity contribution in [1.29, 1.82) is 0 Å². The molecule has 0 aromatic carbocycles. The van der Waals surface area contributed by atoms with Crippen LogP contribution in [0.1, 0.15) is 46.0 Å². The highest BCUT2D eigenvalue weighted by Crippen LogP contribution is 2.39. The van der Waals surface area contributed by atoms with E-state index in [9.17, 15) is 0 Å². The molecular formula is C11H21N. The zero-order valence-electron chi connectivity index (χ0n) is 8.40. The zero-order chi connectivity index (χ0) is 9.19. The highest BCUT2D eigenvalue weighted by molar-refractivity contribution is 5.08. The molecule has 2 N–H and O–H groups in total. The Kier molecular flexibility index (Phi) is 2.94. The van der Waals surface area contributed by atoms with Crippen LogP contribution in [0, 0.1) is 5.41 Å². The number of hydrogen-bond donors (Lipinski definition) is 1. The summed E-state index contributed by atoms with van der Waals surface area (Å²) in [4.78, 5) is 0. The molecule has 1 saturated carbocycles. The maximum Gasteiger partial charge on any atom is 0.0302 e. The first-order valence-electron chi connectivity index (χ1n) is 4.97. The van der Waals surface area contributed by atoms with Crippen molar-refractivity contribution in [2.75, 3.05) is 0 Å². The van der Waals surface area contributed by atoms with Crippen LogP contribution in [0.25, 0.3) is 0 Å². The van der Waals surface area contributed by atoms with Crippen molar-refractivity contribution in [2.45, 2.75) is 52.0 Å². The standard InChI is InChI=1S/C11H21N/c1-9(2)10(12)11(3)7-5-4-6-8-11/h10H,1,4-8,12H2,2-3H3. The predicted molar refractivity (Wildman–Crippen MR) is 54.0 cm³/mol. The molecule has 0 amide bonds. The van der Waals surface area contributed by atoms with Gasteiger partial charge in [0.2, 0.25) is 0 Å². The molecule has 1 fully saturated rings. The van der Waals surface area contributed by atoms with E-state index in [2.05, 4.69) is 13.5 Å². The van der Waals surface area contributed by atoms with Gasteiger partial charge in [-0.3, -0.25) is 0 Å². The second-order valence-electron chi connectivity index (χ2n) is 4.54. The third kappa shape index (κ3) is 1.89.